The van der Waals surface area contributed by atoms with E-state index in [1.54, 1.807) is 46.9 Å². The van der Waals surface area contributed by atoms with Gasteiger partial charge in [0.05, 0.1) is 66.8 Å². The molecule has 35 heteroatoms. The molecular weight excluding hydrogens is 1780 g/mol. The molecule has 6 fully saturated rings. The predicted molar refractivity (Wildman–Crippen MR) is 495 cm³/mol. The van der Waals surface area contributed by atoms with Crippen molar-refractivity contribution in [3.63, 3.8) is 0 Å². The summed E-state index contributed by atoms with van der Waals surface area (Å²) in [5.41, 5.74) is 1.25. The van der Waals surface area contributed by atoms with Crippen LogP contribution in [0.5, 0.6) is 17.2 Å². The highest BCUT2D eigenvalue weighted by Gasteiger charge is 2.43. The Hall–Kier alpha value is -12.8. The number of nitriles is 3. The lowest BCUT2D eigenvalue weighted by molar-refractivity contribution is -0.128. The molecule has 5 amide bonds. The van der Waals surface area contributed by atoms with Gasteiger partial charge in [0, 0.05) is 184 Å². The van der Waals surface area contributed by atoms with Crippen LogP contribution in [0.2, 0.25) is 15.1 Å². The Balaban J connectivity index is 0.000000145. The maximum Gasteiger partial charge on any atom is 0.271 e. The number of halogens is 9. The SMILES string of the molecule is C=CC(=O)N1CCN(c2c(C#N)c(=O)n3c4c(c(-c5ccc(F)cc5F)c(Cl)cc24)OCC3CCCN2CCCC2)[C@@H](C)C1.C=CC(=O)N1CCN(c2c(C#N)c(=O)n3c4c(c(-c5ccc(F)cc5F)c(Cl)cc24)OCC3CCCN2CCCC2=O)[C@@H](C)C1.C=CC(=O)N1CCN(c2c(C#N)c(=O)n3c4c(c(-c5ccc(F)cc5F)c(Cl)cc24)OCC3CCN2CCCC2=O)[C@@H](C)C1. The molecule has 9 aromatic rings. The molecular formula is C98H96Cl3F6N15O11. The van der Waals surface area contributed by atoms with Gasteiger partial charge >= 0.3 is 0 Å². The molecule has 6 atom stereocenters. The van der Waals surface area contributed by atoms with E-state index in [0.717, 1.165) is 75.3 Å². The van der Waals surface area contributed by atoms with E-state index in [1.165, 1.54) is 53.8 Å². The van der Waals surface area contributed by atoms with Crippen molar-refractivity contribution in [2.24, 2.45) is 0 Å². The number of aromatic nitrogens is 3. The number of hydrogen-bond donors (Lipinski definition) is 0. The van der Waals surface area contributed by atoms with Crippen molar-refractivity contribution in [1.29, 1.82) is 15.8 Å². The van der Waals surface area contributed by atoms with Gasteiger partial charge in [-0.3, -0.25) is 52.1 Å². The first kappa shape index (κ1) is 93.4. The number of likely N-dealkylation sites (tertiary alicyclic amines) is 3. The summed E-state index contributed by atoms with van der Waals surface area (Å²) < 4.78 is 111. The number of benzene rings is 6. The minimum absolute atomic E-state index is 0.00393. The van der Waals surface area contributed by atoms with Crippen LogP contribution in [-0.4, -0.2) is 215 Å². The Morgan fingerprint density at radius 3 is 1.03 bits per heavy atom. The van der Waals surface area contributed by atoms with E-state index in [1.807, 2.05) is 40.4 Å². The highest BCUT2D eigenvalue weighted by Crippen LogP contribution is 2.54. The number of rotatable bonds is 20. The van der Waals surface area contributed by atoms with Crippen LogP contribution in [0.3, 0.4) is 0 Å². The fraction of sp³-hybridized carbons (Fsp3) is 0.398. The van der Waals surface area contributed by atoms with E-state index in [-0.39, 0.29) is 156 Å². The van der Waals surface area contributed by atoms with Gasteiger partial charge in [0.1, 0.15) is 89.6 Å². The second kappa shape index (κ2) is 39.2. The molecule has 9 aliphatic heterocycles. The first-order chi connectivity index (χ1) is 64.0. The summed E-state index contributed by atoms with van der Waals surface area (Å²) in [6, 6.07) is 18.7. The first-order valence-corrected chi connectivity index (χ1v) is 45.8. The molecule has 0 N–H and O–H groups in total. The molecule has 0 saturated carbocycles. The average molecular weight is 1880 g/mol. The van der Waals surface area contributed by atoms with Gasteiger partial charge < -0.3 is 58.3 Å². The molecule has 9 aliphatic rings. The second-order valence-corrected chi connectivity index (χ2v) is 36.1. The minimum Gasteiger partial charge on any atom is -0.488 e. The van der Waals surface area contributed by atoms with Crippen LogP contribution in [0.15, 0.2) is 125 Å². The number of carbonyl (C=O) groups is 5. The smallest absolute Gasteiger partial charge is 0.271 e. The van der Waals surface area contributed by atoms with E-state index >= 15 is 13.2 Å². The summed E-state index contributed by atoms with van der Waals surface area (Å²) in [5.74, 6) is -4.61. The van der Waals surface area contributed by atoms with E-state index in [4.69, 9.17) is 49.0 Å². The highest BCUT2D eigenvalue weighted by molar-refractivity contribution is 6.36. The lowest BCUT2D eigenvalue weighted by Crippen LogP contribution is -2.54. The first-order valence-electron chi connectivity index (χ1n) is 44.6. The molecule has 0 bridgehead atoms. The van der Waals surface area contributed by atoms with Gasteiger partial charge in [0.25, 0.3) is 16.7 Å². The van der Waals surface area contributed by atoms with Crippen LogP contribution >= 0.6 is 34.8 Å². The van der Waals surface area contributed by atoms with Crippen molar-refractivity contribution in [1.82, 2.24) is 43.1 Å². The van der Waals surface area contributed by atoms with Crippen molar-refractivity contribution in [2.45, 2.75) is 128 Å². The molecule has 6 saturated heterocycles. The van der Waals surface area contributed by atoms with Gasteiger partial charge in [0.2, 0.25) is 29.5 Å². The number of nitrogens with zero attached hydrogens (tertiary/aromatic N) is 15. The number of carbonyl (C=O) groups excluding carboxylic acids is 5. The molecule has 12 heterocycles. The molecule has 0 aliphatic carbocycles. The van der Waals surface area contributed by atoms with E-state index in [0.29, 0.717) is 173 Å². The van der Waals surface area contributed by atoms with Crippen LogP contribution in [0, 0.1) is 68.9 Å². The number of pyridine rings is 3. The Bertz CT molecular complexity index is 6640. The van der Waals surface area contributed by atoms with Crippen molar-refractivity contribution in [3.05, 3.63) is 208 Å². The third-order valence-corrected chi connectivity index (χ3v) is 27.8. The Morgan fingerprint density at radius 2 is 0.737 bits per heavy atom. The Kier molecular flexibility index (Phi) is 27.5. The zero-order valence-electron chi connectivity index (χ0n) is 73.6. The number of amides is 5. The lowest BCUT2D eigenvalue weighted by atomic mass is 9.96. The summed E-state index contributed by atoms with van der Waals surface area (Å²) in [6.45, 7) is 25.1. The van der Waals surface area contributed by atoms with E-state index in [9.17, 15) is 67.3 Å². The summed E-state index contributed by atoms with van der Waals surface area (Å²) in [7, 11) is 0. The number of hydrogen-bond acceptors (Lipinski definition) is 18. The van der Waals surface area contributed by atoms with Gasteiger partial charge in [-0.25, -0.2) is 26.3 Å². The average Bonchev–Trinajstić information content (AvgIpc) is 1.46. The molecule has 26 nitrogen and oxygen atoms in total. The normalized spacial score (nSPS) is 19.8. The third kappa shape index (κ3) is 17.7. The monoisotopic (exact) mass is 1880 g/mol. The zero-order valence-corrected chi connectivity index (χ0v) is 75.8. The maximum absolute atomic E-state index is 15.2. The van der Waals surface area contributed by atoms with Gasteiger partial charge in [-0.2, -0.15) is 15.8 Å². The summed E-state index contributed by atoms with van der Waals surface area (Å²) >= 11 is 20.6. The molecule has 3 aromatic heterocycles. The van der Waals surface area contributed by atoms with E-state index in [2.05, 4.69) is 42.8 Å². The van der Waals surface area contributed by atoms with Gasteiger partial charge in [-0.05, 0) is 171 Å². The quantitative estimate of drug-likeness (QED) is 0.0506. The van der Waals surface area contributed by atoms with Crippen LogP contribution in [0.1, 0.15) is 126 Å². The largest absolute Gasteiger partial charge is 0.488 e. The molecule has 133 heavy (non-hydrogen) atoms. The zero-order chi connectivity index (χ0) is 94.4. The van der Waals surface area contributed by atoms with Crippen molar-refractivity contribution in [2.75, 3.05) is 139 Å². The highest BCUT2D eigenvalue weighted by atomic mass is 35.5. The standard InChI is InChI=1S/C33H32ClF2N5O4.C33H34ClF2N5O3.C32H30ClF2N5O4/c1-3-27(42)39-12-13-40(19(2)17-39)30-23-15-25(34)29(22-9-8-20(35)14-26(22)36)32-31(23)41(33(44)24(30)16-37)21(18-45-32)6-4-10-38-11-5-7-28(38)43;1-3-28(42)39-13-14-40(20(2)18-39)30-24-16-26(34)29(23-9-8-21(35)15-27(23)36)32-31(24)41(33(43)25(30)17-37)22(19-44-32)7-6-12-38-10-4-5-11-38;1-3-26(41)38-11-12-39(18(2)16-38)29-22-14-24(33)28(21-7-6-19(34)13-25(21)35)31-30(22)40(32(43)23(29)15-36)20(17-44-31)8-10-37-9-4-5-27(37)42/h3,8-9,14-15,19,21H,1,4-7,10-13,17-18H2,2H3;3,8-9,15-16,20,22H,1,4-7,10-14,18-19H2,2H3;3,6-7,13-14,18,20H,1,4-5,8-12,16-17H2,2H3/t19-,21?;20-,22?;18-,20?/m000/s1. The topological polar surface area (TPSA) is 280 Å². The van der Waals surface area contributed by atoms with Crippen LogP contribution in [0.4, 0.5) is 43.4 Å². The van der Waals surface area contributed by atoms with Crippen LogP contribution in [-0.2, 0) is 24.0 Å². The predicted octanol–water partition coefficient (Wildman–Crippen LogP) is 15.2. The Labute approximate surface area is 777 Å². The summed E-state index contributed by atoms with van der Waals surface area (Å²) in [4.78, 5) is 121. The number of piperazine rings is 3. The molecule has 18 rings (SSSR count). The Morgan fingerprint density at radius 1 is 0.421 bits per heavy atom. The fourth-order valence-corrected chi connectivity index (χ4v) is 21.4. The molecule has 3 unspecified atom stereocenters. The number of anilines is 3. The fourth-order valence-electron chi connectivity index (χ4n) is 20.5. The minimum atomic E-state index is -0.847. The molecule has 6 aromatic carbocycles. The van der Waals surface area contributed by atoms with Crippen molar-refractivity contribution in [3.8, 4) is 68.8 Å². The van der Waals surface area contributed by atoms with Crippen molar-refractivity contribution < 1.29 is 64.5 Å². The van der Waals surface area contributed by atoms with Crippen LogP contribution < -0.4 is 45.6 Å². The van der Waals surface area contributed by atoms with E-state index < -0.39 is 63.7 Å². The van der Waals surface area contributed by atoms with Crippen molar-refractivity contribution >= 4 is 114 Å². The number of ether oxygens (including phenoxy) is 3. The molecule has 692 valence electrons. The second-order valence-electron chi connectivity index (χ2n) is 34.9. The van der Waals surface area contributed by atoms with Gasteiger partial charge in [-0.1, -0.05) is 54.5 Å². The lowest BCUT2D eigenvalue weighted by Gasteiger charge is -2.42. The summed E-state index contributed by atoms with van der Waals surface area (Å²) in [5, 5.41) is 33.0. The van der Waals surface area contributed by atoms with Gasteiger partial charge in [-0.15, -0.1) is 0 Å². The van der Waals surface area contributed by atoms with Gasteiger partial charge in [0.15, 0.2) is 17.2 Å². The third-order valence-electron chi connectivity index (χ3n) is 26.9. The molecule has 0 spiro atoms. The van der Waals surface area contributed by atoms with Crippen LogP contribution in [0.25, 0.3) is 66.1 Å². The molecule has 0 radical (unpaired) electrons. The maximum atomic E-state index is 15.2. The summed E-state index contributed by atoms with van der Waals surface area (Å²) in [6.07, 6.45) is 11.7.